The zero-order valence-electron chi connectivity index (χ0n) is 11.2. The molecular formula is C15H23FN2. The number of anilines is 1. The van der Waals surface area contributed by atoms with Crippen molar-refractivity contribution in [3.8, 4) is 0 Å². The normalized spacial score (nSPS) is 17.9. The van der Waals surface area contributed by atoms with Crippen LogP contribution < -0.4 is 10.6 Å². The Morgan fingerprint density at radius 2 is 1.94 bits per heavy atom. The molecule has 0 heterocycles. The summed E-state index contributed by atoms with van der Waals surface area (Å²) in [7, 11) is 0. The first kappa shape index (κ1) is 13.3. The van der Waals surface area contributed by atoms with Crippen molar-refractivity contribution in [2.45, 2.75) is 44.6 Å². The molecular weight excluding hydrogens is 227 g/mol. The molecule has 100 valence electrons. The highest BCUT2D eigenvalue weighted by molar-refractivity contribution is 5.47. The van der Waals surface area contributed by atoms with Gasteiger partial charge in [-0.15, -0.1) is 0 Å². The SMILES string of the molecule is CCN(CCC1(N)CCCC1)c1ccccc1F. The summed E-state index contributed by atoms with van der Waals surface area (Å²) in [6.07, 6.45) is 5.66. The fraction of sp³-hybridized carbons (Fsp3) is 0.600. The molecule has 2 rings (SSSR count). The van der Waals surface area contributed by atoms with Crippen LogP contribution in [0.5, 0.6) is 0 Å². The Morgan fingerprint density at radius 1 is 1.28 bits per heavy atom. The van der Waals surface area contributed by atoms with Crippen LogP contribution in [0.25, 0.3) is 0 Å². The van der Waals surface area contributed by atoms with Crippen LogP contribution in [0.3, 0.4) is 0 Å². The van der Waals surface area contributed by atoms with Crippen molar-refractivity contribution in [1.82, 2.24) is 0 Å². The average Bonchev–Trinajstić information content (AvgIpc) is 2.79. The summed E-state index contributed by atoms with van der Waals surface area (Å²) in [6.45, 7) is 3.72. The van der Waals surface area contributed by atoms with Crippen LogP contribution in [0.4, 0.5) is 10.1 Å². The molecule has 0 radical (unpaired) electrons. The summed E-state index contributed by atoms with van der Waals surface area (Å²) < 4.78 is 13.7. The molecule has 0 bridgehead atoms. The Labute approximate surface area is 109 Å². The zero-order valence-corrected chi connectivity index (χ0v) is 11.2. The first-order valence-electron chi connectivity index (χ1n) is 6.93. The minimum absolute atomic E-state index is 0.0152. The van der Waals surface area contributed by atoms with Crippen molar-refractivity contribution in [3.05, 3.63) is 30.1 Å². The van der Waals surface area contributed by atoms with E-state index in [1.807, 2.05) is 12.1 Å². The molecule has 3 heteroatoms. The van der Waals surface area contributed by atoms with Gasteiger partial charge in [-0.2, -0.15) is 0 Å². The predicted molar refractivity (Wildman–Crippen MR) is 74.3 cm³/mol. The van der Waals surface area contributed by atoms with Gasteiger partial charge in [0.05, 0.1) is 5.69 Å². The van der Waals surface area contributed by atoms with E-state index in [4.69, 9.17) is 5.73 Å². The van der Waals surface area contributed by atoms with E-state index in [2.05, 4.69) is 11.8 Å². The van der Waals surface area contributed by atoms with Crippen molar-refractivity contribution < 1.29 is 4.39 Å². The van der Waals surface area contributed by atoms with Crippen LogP contribution in [0, 0.1) is 5.82 Å². The van der Waals surface area contributed by atoms with Crippen molar-refractivity contribution in [2.75, 3.05) is 18.0 Å². The van der Waals surface area contributed by atoms with Crippen molar-refractivity contribution in [1.29, 1.82) is 0 Å². The molecule has 1 aliphatic carbocycles. The summed E-state index contributed by atoms with van der Waals surface area (Å²) in [4.78, 5) is 2.09. The van der Waals surface area contributed by atoms with Crippen molar-refractivity contribution in [3.63, 3.8) is 0 Å². The van der Waals surface area contributed by atoms with Gasteiger partial charge in [-0.05, 0) is 38.3 Å². The first-order chi connectivity index (χ1) is 8.64. The Morgan fingerprint density at radius 3 is 2.56 bits per heavy atom. The van der Waals surface area contributed by atoms with E-state index in [9.17, 15) is 4.39 Å². The maximum Gasteiger partial charge on any atom is 0.146 e. The third-order valence-electron chi connectivity index (χ3n) is 4.05. The number of nitrogens with zero attached hydrogens (tertiary/aromatic N) is 1. The van der Waals surface area contributed by atoms with Gasteiger partial charge in [-0.25, -0.2) is 4.39 Å². The fourth-order valence-corrected chi connectivity index (χ4v) is 2.84. The minimum Gasteiger partial charge on any atom is -0.369 e. The van der Waals surface area contributed by atoms with Crippen molar-refractivity contribution in [2.24, 2.45) is 5.73 Å². The topological polar surface area (TPSA) is 29.3 Å². The summed E-state index contributed by atoms with van der Waals surface area (Å²) in [6, 6.07) is 6.98. The standard InChI is InChI=1S/C15H23FN2/c1-2-18(14-8-4-3-7-13(14)16)12-11-15(17)9-5-6-10-15/h3-4,7-8H,2,5-6,9-12,17H2,1H3. The molecule has 18 heavy (non-hydrogen) atoms. The van der Waals surface area contributed by atoms with Crippen LogP contribution >= 0.6 is 0 Å². The van der Waals surface area contributed by atoms with E-state index in [1.54, 1.807) is 6.07 Å². The van der Waals surface area contributed by atoms with E-state index >= 15 is 0 Å². The predicted octanol–water partition coefficient (Wildman–Crippen LogP) is 3.31. The number of halogens is 1. The summed E-state index contributed by atoms with van der Waals surface area (Å²) >= 11 is 0. The van der Waals surface area contributed by atoms with Crippen LogP contribution in [0.15, 0.2) is 24.3 Å². The van der Waals surface area contributed by atoms with Gasteiger partial charge in [-0.1, -0.05) is 25.0 Å². The van der Waals surface area contributed by atoms with Crippen LogP contribution in [-0.2, 0) is 0 Å². The highest BCUT2D eigenvalue weighted by Gasteiger charge is 2.29. The maximum atomic E-state index is 13.7. The number of para-hydroxylation sites is 1. The molecule has 1 aromatic rings. The fourth-order valence-electron chi connectivity index (χ4n) is 2.84. The van der Waals surface area contributed by atoms with E-state index in [-0.39, 0.29) is 11.4 Å². The second-order valence-corrected chi connectivity index (χ2v) is 5.35. The molecule has 2 nitrogen and oxygen atoms in total. The van der Waals surface area contributed by atoms with E-state index in [0.29, 0.717) is 5.69 Å². The highest BCUT2D eigenvalue weighted by Crippen LogP contribution is 2.31. The minimum atomic E-state index is -0.142. The zero-order chi connectivity index (χ0) is 13.0. The smallest absolute Gasteiger partial charge is 0.146 e. The molecule has 1 saturated carbocycles. The third kappa shape index (κ3) is 3.02. The molecule has 2 N–H and O–H groups in total. The largest absolute Gasteiger partial charge is 0.369 e. The summed E-state index contributed by atoms with van der Waals surface area (Å²) in [5.74, 6) is -0.142. The number of hydrogen-bond donors (Lipinski definition) is 1. The van der Waals surface area contributed by atoms with E-state index in [1.165, 1.54) is 18.9 Å². The number of hydrogen-bond acceptors (Lipinski definition) is 2. The van der Waals surface area contributed by atoms with Gasteiger partial charge < -0.3 is 10.6 Å². The maximum absolute atomic E-state index is 13.7. The molecule has 1 aromatic carbocycles. The van der Waals surface area contributed by atoms with E-state index < -0.39 is 0 Å². The second kappa shape index (κ2) is 5.70. The number of benzene rings is 1. The van der Waals surface area contributed by atoms with Gasteiger partial charge in [0.25, 0.3) is 0 Å². The Bertz CT molecular complexity index is 386. The lowest BCUT2D eigenvalue weighted by Gasteiger charge is -2.29. The van der Waals surface area contributed by atoms with Gasteiger partial charge in [0.15, 0.2) is 0 Å². The number of nitrogens with two attached hydrogens (primary N) is 1. The lowest BCUT2D eigenvalue weighted by molar-refractivity contribution is 0.405. The third-order valence-corrected chi connectivity index (χ3v) is 4.05. The Balaban J connectivity index is 1.99. The second-order valence-electron chi connectivity index (χ2n) is 5.35. The molecule has 0 saturated heterocycles. The van der Waals surface area contributed by atoms with Gasteiger partial charge in [-0.3, -0.25) is 0 Å². The first-order valence-corrected chi connectivity index (χ1v) is 6.93. The Kier molecular flexibility index (Phi) is 4.23. The number of rotatable bonds is 5. The van der Waals surface area contributed by atoms with Gasteiger partial charge in [0, 0.05) is 18.6 Å². The molecule has 0 amide bonds. The summed E-state index contributed by atoms with van der Waals surface area (Å²) in [5.41, 5.74) is 7.04. The van der Waals surface area contributed by atoms with Crippen LogP contribution in [0.2, 0.25) is 0 Å². The van der Waals surface area contributed by atoms with Gasteiger partial charge in [0.1, 0.15) is 5.82 Å². The quantitative estimate of drug-likeness (QED) is 0.868. The molecule has 0 aromatic heterocycles. The van der Waals surface area contributed by atoms with Crippen LogP contribution in [-0.4, -0.2) is 18.6 Å². The molecule has 0 aliphatic heterocycles. The summed E-state index contributed by atoms with van der Waals surface area (Å²) in [5, 5.41) is 0. The monoisotopic (exact) mass is 250 g/mol. The van der Waals surface area contributed by atoms with Gasteiger partial charge >= 0.3 is 0 Å². The van der Waals surface area contributed by atoms with Crippen LogP contribution in [0.1, 0.15) is 39.0 Å². The molecule has 0 unspecified atom stereocenters. The molecule has 1 fully saturated rings. The van der Waals surface area contributed by atoms with Crippen molar-refractivity contribution >= 4 is 5.69 Å². The molecule has 0 spiro atoms. The average molecular weight is 250 g/mol. The van der Waals surface area contributed by atoms with Gasteiger partial charge in [0.2, 0.25) is 0 Å². The molecule has 0 atom stereocenters. The lowest BCUT2D eigenvalue weighted by atomic mass is 9.94. The lowest BCUT2D eigenvalue weighted by Crippen LogP contribution is -2.40. The van der Waals surface area contributed by atoms with E-state index in [0.717, 1.165) is 32.4 Å². The molecule has 1 aliphatic rings. The Hall–Kier alpha value is -1.09. The highest BCUT2D eigenvalue weighted by atomic mass is 19.1.